The number of carbonyl (C=O) groups is 3. The lowest BCUT2D eigenvalue weighted by Gasteiger charge is -2.25. The van der Waals surface area contributed by atoms with Gasteiger partial charge in [0.15, 0.2) is 0 Å². The Kier molecular flexibility index (Phi) is 13.3. The van der Waals surface area contributed by atoms with Crippen LogP contribution in [0, 0.1) is 28.6 Å². The Bertz CT molecular complexity index is 1060. The third-order valence-electron chi connectivity index (χ3n) is 4.86. The highest BCUT2D eigenvalue weighted by Gasteiger charge is 2.20. The number of esters is 2. The molecule has 0 aliphatic heterocycles. The number of anilines is 2. The van der Waals surface area contributed by atoms with E-state index in [0.29, 0.717) is 17.1 Å². The lowest BCUT2D eigenvalue weighted by atomic mass is 10.1. The average molecular weight is 529 g/mol. The quantitative estimate of drug-likeness (QED) is 0.102. The first-order chi connectivity index (χ1) is 17.5. The summed E-state index contributed by atoms with van der Waals surface area (Å²) in [5.41, 5.74) is 1.38. The smallest absolute Gasteiger partial charge is 0.330 e. The van der Waals surface area contributed by atoms with Crippen molar-refractivity contribution < 1.29 is 23.9 Å². The molecule has 12 heteroatoms. The molecule has 0 radical (unpaired) electrons. The zero-order valence-electron chi connectivity index (χ0n) is 21.1. The minimum absolute atomic E-state index is 0.0370. The second-order valence-electron chi connectivity index (χ2n) is 7.99. The van der Waals surface area contributed by atoms with E-state index in [1.165, 1.54) is 6.92 Å². The standard InChI is InChI=1S/C25H32N6O5S/c1-6-22(32)35-12-10-31(11-13-36-23(33)7-2)18-8-9-20(21(14-18)28-24(34)16(3)4)29-30-25(37)19(15-26)17(5)27/h6-9,14,16,19,25,27,37H,1-2,10-13H2,3-5H3,(H,28,34)/b27-17?,30-29+. The van der Waals surface area contributed by atoms with Gasteiger partial charge in [0.1, 0.15) is 30.2 Å². The Hall–Kier alpha value is -3.98. The van der Waals surface area contributed by atoms with Crippen LogP contribution >= 0.6 is 12.6 Å². The van der Waals surface area contributed by atoms with E-state index in [1.54, 1.807) is 36.9 Å². The number of amides is 1. The number of nitrogens with zero attached hydrogens (tertiary/aromatic N) is 4. The number of azo groups is 1. The first kappa shape index (κ1) is 31.1. The van der Waals surface area contributed by atoms with Gasteiger partial charge < -0.3 is 25.1 Å². The van der Waals surface area contributed by atoms with Gasteiger partial charge in [0.05, 0.1) is 24.8 Å². The molecule has 11 nitrogen and oxygen atoms in total. The van der Waals surface area contributed by atoms with Gasteiger partial charge in [0.2, 0.25) is 5.91 Å². The van der Waals surface area contributed by atoms with Gasteiger partial charge in [-0.05, 0) is 25.1 Å². The van der Waals surface area contributed by atoms with Gasteiger partial charge in [-0.25, -0.2) is 9.59 Å². The van der Waals surface area contributed by atoms with Crippen LogP contribution in [0.1, 0.15) is 20.8 Å². The molecule has 0 saturated heterocycles. The maximum absolute atomic E-state index is 12.5. The fourth-order valence-corrected chi connectivity index (χ4v) is 3.10. The summed E-state index contributed by atoms with van der Waals surface area (Å²) < 4.78 is 10.2. The van der Waals surface area contributed by atoms with Crippen molar-refractivity contribution in [3.63, 3.8) is 0 Å². The molecule has 0 fully saturated rings. The number of benzene rings is 1. The lowest BCUT2D eigenvalue weighted by molar-refractivity contribution is -0.137. The average Bonchev–Trinajstić information content (AvgIpc) is 2.86. The molecule has 1 amide bonds. The van der Waals surface area contributed by atoms with Crippen LogP contribution in [0.25, 0.3) is 0 Å². The van der Waals surface area contributed by atoms with Crippen LogP contribution in [0.3, 0.4) is 0 Å². The minimum Gasteiger partial charge on any atom is -0.461 e. The number of carbonyl (C=O) groups excluding carboxylic acids is 3. The second-order valence-corrected chi connectivity index (χ2v) is 8.52. The van der Waals surface area contributed by atoms with E-state index in [-0.39, 0.29) is 43.8 Å². The molecule has 0 bridgehead atoms. The second kappa shape index (κ2) is 15.9. The minimum atomic E-state index is -0.869. The Balaban J connectivity index is 3.32. The molecule has 37 heavy (non-hydrogen) atoms. The summed E-state index contributed by atoms with van der Waals surface area (Å²) in [5.74, 6) is -2.58. The monoisotopic (exact) mass is 528 g/mol. The summed E-state index contributed by atoms with van der Waals surface area (Å²) in [7, 11) is 0. The van der Waals surface area contributed by atoms with E-state index >= 15 is 0 Å². The highest BCUT2D eigenvalue weighted by Crippen LogP contribution is 2.32. The molecular formula is C25H32N6O5S. The topological polar surface area (TPSA) is 157 Å². The van der Waals surface area contributed by atoms with Crippen LogP contribution in [0.2, 0.25) is 0 Å². The molecule has 2 unspecified atom stereocenters. The molecule has 0 spiro atoms. The molecule has 0 aliphatic carbocycles. The number of ether oxygens (including phenoxy) is 2. The highest BCUT2D eigenvalue weighted by atomic mass is 32.1. The van der Waals surface area contributed by atoms with Gasteiger partial charge in [-0.1, -0.05) is 27.0 Å². The van der Waals surface area contributed by atoms with Gasteiger partial charge in [0.25, 0.3) is 0 Å². The molecule has 0 heterocycles. The van der Waals surface area contributed by atoms with E-state index in [2.05, 4.69) is 41.3 Å². The van der Waals surface area contributed by atoms with Crippen molar-refractivity contribution in [3.8, 4) is 6.07 Å². The van der Waals surface area contributed by atoms with Crippen LogP contribution in [0.5, 0.6) is 0 Å². The number of thiol groups is 1. The zero-order valence-corrected chi connectivity index (χ0v) is 22.0. The van der Waals surface area contributed by atoms with Crippen LogP contribution in [0.15, 0.2) is 53.7 Å². The van der Waals surface area contributed by atoms with Gasteiger partial charge in [-0.3, -0.25) is 4.79 Å². The Morgan fingerprint density at radius 3 is 2.22 bits per heavy atom. The molecule has 0 saturated carbocycles. The summed E-state index contributed by atoms with van der Waals surface area (Å²) in [6.07, 6.45) is 2.11. The Morgan fingerprint density at radius 1 is 1.19 bits per heavy atom. The first-order valence-electron chi connectivity index (χ1n) is 11.4. The molecule has 1 aromatic rings. The van der Waals surface area contributed by atoms with Crippen molar-refractivity contribution in [3.05, 3.63) is 43.5 Å². The van der Waals surface area contributed by atoms with E-state index in [1.807, 2.05) is 6.07 Å². The van der Waals surface area contributed by atoms with Crippen molar-refractivity contribution in [2.45, 2.75) is 26.1 Å². The maximum atomic E-state index is 12.5. The molecular weight excluding hydrogens is 496 g/mol. The van der Waals surface area contributed by atoms with Crippen molar-refractivity contribution in [1.29, 1.82) is 10.7 Å². The number of nitrogens with one attached hydrogen (secondary N) is 2. The Morgan fingerprint density at radius 2 is 1.76 bits per heavy atom. The molecule has 0 aliphatic rings. The summed E-state index contributed by atoms with van der Waals surface area (Å²) in [4.78, 5) is 37.2. The van der Waals surface area contributed by atoms with E-state index in [0.717, 1.165) is 12.2 Å². The van der Waals surface area contributed by atoms with Gasteiger partial charge in [-0.2, -0.15) is 15.5 Å². The molecule has 198 valence electrons. The van der Waals surface area contributed by atoms with Crippen LogP contribution in [0.4, 0.5) is 17.1 Å². The van der Waals surface area contributed by atoms with Crippen LogP contribution in [-0.4, -0.2) is 55.2 Å². The van der Waals surface area contributed by atoms with Gasteiger partial charge in [0, 0.05) is 29.5 Å². The third kappa shape index (κ3) is 10.7. The molecule has 1 aromatic carbocycles. The van der Waals surface area contributed by atoms with Crippen LogP contribution < -0.4 is 10.2 Å². The van der Waals surface area contributed by atoms with Gasteiger partial charge in [-0.15, -0.1) is 12.6 Å². The number of hydrogen-bond donors (Lipinski definition) is 3. The third-order valence-corrected chi connectivity index (χ3v) is 5.26. The van der Waals surface area contributed by atoms with E-state index < -0.39 is 23.2 Å². The largest absolute Gasteiger partial charge is 0.461 e. The van der Waals surface area contributed by atoms with Crippen molar-refractivity contribution in [2.75, 3.05) is 36.5 Å². The predicted molar refractivity (Wildman–Crippen MR) is 144 cm³/mol. The molecule has 0 aromatic heterocycles. The van der Waals surface area contributed by atoms with E-state index in [4.69, 9.17) is 14.9 Å². The first-order valence-corrected chi connectivity index (χ1v) is 11.9. The highest BCUT2D eigenvalue weighted by molar-refractivity contribution is 7.81. The summed E-state index contributed by atoms with van der Waals surface area (Å²) in [6, 6.07) is 6.96. The SMILES string of the molecule is C=CC(=O)OCCN(CCOC(=O)C=C)c1ccc(/N=N/C(S)C(C#N)C(C)=N)c(NC(=O)C(C)C)c1. The molecule has 1 rings (SSSR count). The maximum Gasteiger partial charge on any atom is 0.330 e. The number of hydrogen-bond acceptors (Lipinski definition) is 11. The summed E-state index contributed by atoms with van der Waals surface area (Å²) in [5, 5.41) is 27.1. The van der Waals surface area contributed by atoms with E-state index in [9.17, 15) is 19.6 Å². The Labute approximate surface area is 222 Å². The number of rotatable bonds is 15. The number of nitriles is 1. The predicted octanol–water partition coefficient (Wildman–Crippen LogP) is 4.06. The fraction of sp³-hybridized carbons (Fsp3) is 0.400. The van der Waals surface area contributed by atoms with Crippen molar-refractivity contribution in [2.24, 2.45) is 22.1 Å². The lowest BCUT2D eigenvalue weighted by Crippen LogP contribution is -2.32. The summed E-state index contributed by atoms with van der Waals surface area (Å²) in [6.45, 7) is 12.3. The zero-order chi connectivity index (χ0) is 28.0. The van der Waals surface area contributed by atoms with Gasteiger partial charge >= 0.3 is 11.9 Å². The molecule has 2 atom stereocenters. The van der Waals surface area contributed by atoms with Crippen molar-refractivity contribution >= 4 is 53.2 Å². The molecule has 2 N–H and O–H groups in total. The van der Waals surface area contributed by atoms with Crippen molar-refractivity contribution in [1.82, 2.24) is 0 Å². The normalized spacial score (nSPS) is 12.2. The summed E-state index contributed by atoms with van der Waals surface area (Å²) >= 11 is 4.27. The van der Waals surface area contributed by atoms with Crippen LogP contribution in [-0.2, 0) is 23.9 Å². The fourth-order valence-electron chi connectivity index (χ4n) is 2.76.